The van der Waals surface area contributed by atoms with Gasteiger partial charge in [-0.05, 0) is 43.5 Å². The van der Waals surface area contributed by atoms with Crippen molar-refractivity contribution in [3.05, 3.63) is 54.1 Å². The number of hydrogen-bond acceptors (Lipinski definition) is 6. The normalized spacial score (nSPS) is 12.8. The summed E-state index contributed by atoms with van der Waals surface area (Å²) < 4.78 is 29.6. The van der Waals surface area contributed by atoms with Gasteiger partial charge < -0.3 is 9.73 Å². The first-order chi connectivity index (χ1) is 13.9. The summed E-state index contributed by atoms with van der Waals surface area (Å²) in [7, 11) is -3.30. The van der Waals surface area contributed by atoms with Gasteiger partial charge in [-0.2, -0.15) is 0 Å². The predicted octanol–water partition coefficient (Wildman–Crippen LogP) is 3.85. The number of aromatic nitrogens is 1. The molecule has 0 aliphatic rings. The molecule has 0 saturated carbocycles. The topological polar surface area (TPSA) is 89.3 Å². The van der Waals surface area contributed by atoms with Crippen molar-refractivity contribution in [3.63, 3.8) is 0 Å². The molecule has 0 saturated heterocycles. The zero-order chi connectivity index (χ0) is 20.9. The van der Waals surface area contributed by atoms with Crippen molar-refractivity contribution in [2.24, 2.45) is 0 Å². The second-order valence-corrected chi connectivity index (χ2v) is 10.00. The Morgan fingerprint density at radius 2 is 1.97 bits per heavy atom. The second kappa shape index (κ2) is 9.45. The third-order valence-electron chi connectivity index (χ3n) is 4.52. The number of oxazole rings is 1. The van der Waals surface area contributed by atoms with Crippen LogP contribution >= 0.6 is 11.8 Å². The quantitative estimate of drug-likeness (QED) is 0.517. The summed E-state index contributed by atoms with van der Waals surface area (Å²) in [5, 5.41) is 3.33. The molecule has 1 amide bonds. The van der Waals surface area contributed by atoms with Gasteiger partial charge >= 0.3 is 0 Å². The maximum absolute atomic E-state index is 12.2. The van der Waals surface area contributed by atoms with E-state index < -0.39 is 9.84 Å². The molecule has 29 heavy (non-hydrogen) atoms. The van der Waals surface area contributed by atoms with E-state index in [-0.39, 0.29) is 28.4 Å². The average molecular weight is 433 g/mol. The number of nitrogens with zero attached hydrogens (tertiary/aromatic N) is 1. The number of benzene rings is 2. The van der Waals surface area contributed by atoms with Crippen LogP contribution in [0.5, 0.6) is 0 Å². The van der Waals surface area contributed by atoms with E-state index in [0.717, 1.165) is 12.8 Å². The zero-order valence-electron chi connectivity index (χ0n) is 16.4. The predicted molar refractivity (Wildman–Crippen MR) is 115 cm³/mol. The van der Waals surface area contributed by atoms with Gasteiger partial charge in [0.05, 0.1) is 16.4 Å². The number of hydrogen-bond donors (Lipinski definition) is 1. The maximum atomic E-state index is 12.2. The Balaban J connectivity index is 1.52. The van der Waals surface area contributed by atoms with Gasteiger partial charge in [-0.1, -0.05) is 49.0 Å². The number of thioether (sulfide) groups is 1. The largest absolute Gasteiger partial charge is 0.431 e. The highest BCUT2D eigenvalue weighted by atomic mass is 32.2. The van der Waals surface area contributed by atoms with Crippen LogP contribution < -0.4 is 5.32 Å². The highest BCUT2D eigenvalue weighted by molar-refractivity contribution is 7.99. The maximum Gasteiger partial charge on any atom is 0.257 e. The van der Waals surface area contributed by atoms with Crippen molar-refractivity contribution in [3.8, 4) is 0 Å². The Morgan fingerprint density at radius 1 is 1.21 bits per heavy atom. The van der Waals surface area contributed by atoms with E-state index in [1.807, 2.05) is 25.1 Å². The monoisotopic (exact) mass is 432 g/mol. The minimum atomic E-state index is -3.30. The molecule has 0 aliphatic carbocycles. The first-order valence-electron chi connectivity index (χ1n) is 9.47. The molecule has 1 N–H and O–H groups in total. The average Bonchev–Trinajstić information content (AvgIpc) is 3.14. The van der Waals surface area contributed by atoms with Crippen LogP contribution in [0.25, 0.3) is 11.1 Å². The lowest BCUT2D eigenvalue weighted by Gasteiger charge is -2.13. The SMILES string of the molecule is CCS(=O)(=O)c1ccc2oc(SCC(=O)N[C@H](C)CCc3ccccc3)nc2c1. The first kappa shape index (κ1) is 21.4. The molecular formula is C21H24N2O4S2. The fraction of sp³-hybridized carbons (Fsp3) is 0.333. The van der Waals surface area contributed by atoms with E-state index >= 15 is 0 Å². The van der Waals surface area contributed by atoms with E-state index in [0.29, 0.717) is 16.3 Å². The molecule has 0 spiro atoms. The lowest BCUT2D eigenvalue weighted by atomic mass is 10.1. The molecule has 1 aromatic heterocycles. The summed E-state index contributed by atoms with van der Waals surface area (Å²) in [6, 6.07) is 14.8. The minimum absolute atomic E-state index is 0.0284. The second-order valence-electron chi connectivity index (χ2n) is 6.79. The molecule has 0 bridgehead atoms. The lowest BCUT2D eigenvalue weighted by molar-refractivity contribution is -0.119. The van der Waals surface area contributed by atoms with E-state index in [1.54, 1.807) is 13.0 Å². The first-order valence-corrected chi connectivity index (χ1v) is 12.1. The third-order valence-corrected chi connectivity index (χ3v) is 7.08. The molecule has 154 valence electrons. The zero-order valence-corrected chi connectivity index (χ0v) is 18.1. The number of fused-ring (bicyclic) bond motifs is 1. The van der Waals surface area contributed by atoms with Gasteiger partial charge in [0.1, 0.15) is 5.52 Å². The summed E-state index contributed by atoms with van der Waals surface area (Å²) in [6.07, 6.45) is 1.77. The highest BCUT2D eigenvalue weighted by Crippen LogP contribution is 2.25. The standard InChI is InChI=1S/C21H24N2O4S2/c1-3-29(25,26)17-11-12-19-18(13-17)23-21(27-19)28-14-20(24)22-15(2)9-10-16-7-5-4-6-8-16/h4-8,11-13,15H,3,9-10,14H2,1-2H3,(H,22,24)/t15-/m1/s1. The van der Waals surface area contributed by atoms with Crippen molar-refractivity contribution in [1.29, 1.82) is 0 Å². The summed E-state index contributed by atoms with van der Waals surface area (Å²) in [4.78, 5) is 16.7. The Bertz CT molecular complexity index is 1080. The van der Waals surface area contributed by atoms with Gasteiger partial charge in [0.2, 0.25) is 5.91 Å². The van der Waals surface area contributed by atoms with Crippen LogP contribution in [0, 0.1) is 0 Å². The fourth-order valence-corrected chi connectivity index (χ4v) is 4.40. The van der Waals surface area contributed by atoms with Crippen molar-refractivity contribution >= 4 is 38.6 Å². The van der Waals surface area contributed by atoms with Crippen LogP contribution in [0.3, 0.4) is 0 Å². The van der Waals surface area contributed by atoms with Crippen molar-refractivity contribution < 1.29 is 17.6 Å². The van der Waals surface area contributed by atoms with E-state index in [4.69, 9.17) is 4.42 Å². The van der Waals surface area contributed by atoms with Crippen LogP contribution in [0.4, 0.5) is 0 Å². The van der Waals surface area contributed by atoms with Crippen LogP contribution in [0.2, 0.25) is 0 Å². The van der Waals surface area contributed by atoms with E-state index in [1.165, 1.54) is 29.5 Å². The van der Waals surface area contributed by atoms with Gasteiger partial charge in [0.15, 0.2) is 15.4 Å². The Labute approximate surface area is 175 Å². The van der Waals surface area contributed by atoms with Crippen LogP contribution in [-0.4, -0.2) is 36.9 Å². The number of nitrogens with one attached hydrogen (secondary N) is 1. The minimum Gasteiger partial charge on any atom is -0.431 e. The number of amides is 1. The van der Waals surface area contributed by atoms with Crippen LogP contribution in [0.1, 0.15) is 25.8 Å². The summed E-state index contributed by atoms with van der Waals surface area (Å²) in [6.45, 7) is 3.59. The van der Waals surface area contributed by atoms with Crippen LogP contribution in [0.15, 0.2) is 63.1 Å². The Kier molecular flexibility index (Phi) is 6.97. The Morgan fingerprint density at radius 3 is 2.69 bits per heavy atom. The van der Waals surface area contributed by atoms with Gasteiger partial charge in [-0.3, -0.25) is 4.79 Å². The fourth-order valence-electron chi connectivity index (χ4n) is 2.85. The molecule has 1 atom stereocenters. The third kappa shape index (κ3) is 5.83. The molecule has 2 aromatic carbocycles. The molecule has 0 unspecified atom stereocenters. The molecule has 0 fully saturated rings. The molecule has 8 heteroatoms. The molecule has 3 aromatic rings. The van der Waals surface area contributed by atoms with Gasteiger partial charge in [-0.25, -0.2) is 13.4 Å². The molecular weight excluding hydrogens is 408 g/mol. The molecule has 1 heterocycles. The van der Waals surface area contributed by atoms with Crippen molar-refractivity contribution in [2.45, 2.75) is 42.8 Å². The summed E-state index contributed by atoms with van der Waals surface area (Å²) in [5.41, 5.74) is 2.22. The van der Waals surface area contributed by atoms with E-state index in [2.05, 4.69) is 22.4 Å². The van der Waals surface area contributed by atoms with Crippen molar-refractivity contribution in [1.82, 2.24) is 10.3 Å². The highest BCUT2D eigenvalue weighted by Gasteiger charge is 2.16. The molecule has 6 nitrogen and oxygen atoms in total. The number of aryl methyl sites for hydroxylation is 1. The molecule has 0 radical (unpaired) electrons. The number of carbonyl (C=O) groups is 1. The van der Waals surface area contributed by atoms with Gasteiger partial charge in [0.25, 0.3) is 5.22 Å². The lowest BCUT2D eigenvalue weighted by Crippen LogP contribution is -2.34. The van der Waals surface area contributed by atoms with Gasteiger partial charge in [-0.15, -0.1) is 0 Å². The van der Waals surface area contributed by atoms with Crippen LogP contribution in [-0.2, 0) is 21.1 Å². The summed E-state index contributed by atoms with van der Waals surface area (Å²) >= 11 is 1.19. The summed E-state index contributed by atoms with van der Waals surface area (Å²) in [5.74, 6) is 0.121. The van der Waals surface area contributed by atoms with Crippen molar-refractivity contribution in [2.75, 3.05) is 11.5 Å². The Hall–Kier alpha value is -2.32. The molecule has 0 aliphatic heterocycles. The smallest absolute Gasteiger partial charge is 0.257 e. The van der Waals surface area contributed by atoms with E-state index in [9.17, 15) is 13.2 Å². The number of carbonyl (C=O) groups excluding carboxylic acids is 1. The number of rotatable bonds is 9. The number of sulfone groups is 1. The van der Waals surface area contributed by atoms with Gasteiger partial charge in [0, 0.05) is 6.04 Å². The molecule has 3 rings (SSSR count).